The molecule has 2 aliphatic heterocycles. The molecule has 3 heterocycles. The minimum absolute atomic E-state index is 0.140. The Kier molecular flexibility index (Phi) is 3.29. The van der Waals surface area contributed by atoms with Crippen molar-refractivity contribution in [1.29, 1.82) is 0 Å². The van der Waals surface area contributed by atoms with Crippen LogP contribution in [0.2, 0.25) is 0 Å². The summed E-state index contributed by atoms with van der Waals surface area (Å²) in [7, 11) is 0. The molecule has 0 atom stereocenters. The maximum absolute atomic E-state index is 14.1. The average molecular weight is 305 g/mol. The van der Waals surface area contributed by atoms with Gasteiger partial charge in [-0.05, 0) is 31.6 Å². The van der Waals surface area contributed by atoms with Crippen molar-refractivity contribution in [1.82, 2.24) is 15.2 Å². The molecule has 118 valence electrons. The van der Waals surface area contributed by atoms with Crippen LogP contribution in [0, 0.1) is 11.7 Å². The second-order valence-electron chi connectivity index (χ2n) is 6.77. The van der Waals surface area contributed by atoms with Gasteiger partial charge in [0.1, 0.15) is 5.75 Å². The summed E-state index contributed by atoms with van der Waals surface area (Å²) in [6.45, 7) is 3.48. The Morgan fingerprint density at radius 2 is 2.23 bits per heavy atom. The number of rotatable bonds is 5. The van der Waals surface area contributed by atoms with Crippen molar-refractivity contribution in [3.8, 4) is 5.75 Å². The van der Waals surface area contributed by atoms with E-state index in [-0.39, 0.29) is 11.2 Å². The number of hydrogen-bond acceptors (Lipinski definition) is 4. The fraction of sp³-hybridized carbons (Fsp3) is 0.625. The van der Waals surface area contributed by atoms with Crippen molar-refractivity contribution in [2.24, 2.45) is 5.92 Å². The summed E-state index contributed by atoms with van der Waals surface area (Å²) in [6.07, 6.45) is 5.66. The molecular weight excluding hydrogens is 285 g/mol. The summed E-state index contributed by atoms with van der Waals surface area (Å²) in [5.41, 5.74) is -0.328. The number of halogens is 1. The molecule has 1 aromatic rings. The van der Waals surface area contributed by atoms with E-state index < -0.39 is 11.7 Å². The predicted octanol–water partition coefficient (Wildman–Crippen LogP) is 1.59. The molecule has 1 aliphatic carbocycles. The van der Waals surface area contributed by atoms with E-state index in [0.717, 1.165) is 32.5 Å². The molecule has 3 aliphatic rings. The number of hydrogen-bond donors (Lipinski definition) is 1. The number of fused-ring (bicyclic) bond motifs is 2. The lowest BCUT2D eigenvalue weighted by Gasteiger charge is -2.26. The quantitative estimate of drug-likeness (QED) is 0.897. The smallest absolute Gasteiger partial charge is 0.273 e. The number of amides is 1. The zero-order valence-corrected chi connectivity index (χ0v) is 12.5. The molecule has 2 bridgehead atoms. The largest absolute Gasteiger partial charge is 0.492 e. The number of carbonyl (C=O) groups excluding carboxylic acids is 1. The summed E-state index contributed by atoms with van der Waals surface area (Å²) in [6, 6.07) is 1.26. The van der Waals surface area contributed by atoms with E-state index in [0.29, 0.717) is 18.3 Å². The van der Waals surface area contributed by atoms with E-state index in [4.69, 9.17) is 4.74 Å². The zero-order chi connectivity index (χ0) is 15.2. The molecule has 22 heavy (non-hydrogen) atoms. The van der Waals surface area contributed by atoms with Gasteiger partial charge in [-0.1, -0.05) is 0 Å². The number of pyridine rings is 1. The minimum atomic E-state index is -0.616. The highest BCUT2D eigenvalue weighted by Crippen LogP contribution is 2.32. The van der Waals surface area contributed by atoms with E-state index in [2.05, 4.69) is 15.2 Å². The molecule has 1 saturated carbocycles. The monoisotopic (exact) mass is 305 g/mol. The third-order valence-electron chi connectivity index (χ3n) is 4.93. The van der Waals surface area contributed by atoms with Crippen LogP contribution in [-0.2, 0) is 0 Å². The molecule has 0 spiro atoms. The summed E-state index contributed by atoms with van der Waals surface area (Å²) >= 11 is 0. The molecule has 0 radical (unpaired) electrons. The lowest BCUT2D eigenvalue weighted by molar-refractivity contribution is 0.0898. The third-order valence-corrected chi connectivity index (χ3v) is 4.93. The second-order valence-corrected chi connectivity index (χ2v) is 6.77. The van der Waals surface area contributed by atoms with Gasteiger partial charge in [0.15, 0.2) is 11.5 Å². The lowest BCUT2D eigenvalue weighted by Crippen LogP contribution is -2.48. The predicted molar refractivity (Wildman–Crippen MR) is 78.3 cm³/mol. The van der Waals surface area contributed by atoms with Gasteiger partial charge < -0.3 is 15.0 Å². The number of carbonyl (C=O) groups is 1. The molecule has 1 amide bonds. The topological polar surface area (TPSA) is 54.5 Å². The summed E-state index contributed by atoms with van der Waals surface area (Å²) < 4.78 is 19.6. The van der Waals surface area contributed by atoms with Crippen LogP contribution >= 0.6 is 0 Å². The first-order valence-corrected chi connectivity index (χ1v) is 7.97. The number of nitrogens with zero attached hydrogens (tertiary/aromatic N) is 2. The SMILES string of the molecule is O=C(NC12CCN(CC1)C2)c1ncc(OCC2CC2)cc1F. The molecule has 3 fully saturated rings. The summed E-state index contributed by atoms with van der Waals surface area (Å²) in [5, 5.41) is 3.00. The van der Waals surface area contributed by atoms with Crippen LogP contribution in [0.4, 0.5) is 4.39 Å². The number of nitrogens with one attached hydrogen (secondary N) is 1. The number of ether oxygens (including phenoxy) is 1. The van der Waals surface area contributed by atoms with Crippen molar-refractivity contribution < 1.29 is 13.9 Å². The highest BCUT2D eigenvalue weighted by Gasteiger charge is 2.45. The van der Waals surface area contributed by atoms with E-state index in [1.807, 2.05) is 0 Å². The van der Waals surface area contributed by atoms with Gasteiger partial charge in [0.25, 0.3) is 5.91 Å². The van der Waals surface area contributed by atoms with Gasteiger partial charge in [-0.25, -0.2) is 9.37 Å². The Morgan fingerprint density at radius 3 is 2.82 bits per heavy atom. The van der Waals surface area contributed by atoms with Crippen LogP contribution in [0.5, 0.6) is 5.75 Å². The lowest BCUT2D eigenvalue weighted by atomic mass is 9.95. The van der Waals surface area contributed by atoms with Crippen LogP contribution in [0.3, 0.4) is 0 Å². The highest BCUT2D eigenvalue weighted by molar-refractivity contribution is 5.93. The summed E-state index contributed by atoms with van der Waals surface area (Å²) in [4.78, 5) is 18.6. The minimum Gasteiger partial charge on any atom is -0.492 e. The van der Waals surface area contributed by atoms with E-state index in [1.165, 1.54) is 25.1 Å². The molecule has 2 saturated heterocycles. The Balaban J connectivity index is 1.43. The molecule has 1 N–H and O–H groups in total. The Bertz CT molecular complexity index is 595. The molecule has 1 aromatic heterocycles. The first kappa shape index (κ1) is 13.9. The average Bonchev–Trinajstić information content (AvgIpc) is 3.14. The van der Waals surface area contributed by atoms with Gasteiger partial charge in [0, 0.05) is 25.7 Å². The van der Waals surface area contributed by atoms with E-state index in [1.54, 1.807) is 0 Å². The van der Waals surface area contributed by atoms with Gasteiger partial charge in [-0.3, -0.25) is 4.79 Å². The maximum atomic E-state index is 14.1. The van der Waals surface area contributed by atoms with Crippen molar-refractivity contribution in [2.45, 2.75) is 31.2 Å². The van der Waals surface area contributed by atoms with Crippen LogP contribution in [0.25, 0.3) is 0 Å². The van der Waals surface area contributed by atoms with Gasteiger partial charge in [-0.15, -0.1) is 0 Å². The molecule has 5 nitrogen and oxygen atoms in total. The maximum Gasteiger partial charge on any atom is 0.273 e. The van der Waals surface area contributed by atoms with E-state index in [9.17, 15) is 9.18 Å². The molecule has 4 rings (SSSR count). The summed E-state index contributed by atoms with van der Waals surface area (Å²) in [5.74, 6) is -0.0464. The molecular formula is C16H20FN3O2. The van der Waals surface area contributed by atoms with Crippen LogP contribution in [0.1, 0.15) is 36.2 Å². The fourth-order valence-electron chi connectivity index (χ4n) is 3.35. The van der Waals surface area contributed by atoms with Crippen molar-refractivity contribution in [3.05, 3.63) is 23.8 Å². The van der Waals surface area contributed by atoms with Gasteiger partial charge in [-0.2, -0.15) is 0 Å². The van der Waals surface area contributed by atoms with Gasteiger partial charge >= 0.3 is 0 Å². The van der Waals surface area contributed by atoms with Crippen molar-refractivity contribution in [3.63, 3.8) is 0 Å². The van der Waals surface area contributed by atoms with Crippen molar-refractivity contribution >= 4 is 5.91 Å². The zero-order valence-electron chi connectivity index (χ0n) is 12.5. The number of aromatic nitrogens is 1. The fourth-order valence-corrected chi connectivity index (χ4v) is 3.35. The van der Waals surface area contributed by atoms with Crippen LogP contribution in [-0.4, -0.2) is 47.6 Å². The second kappa shape index (κ2) is 5.19. The highest BCUT2D eigenvalue weighted by atomic mass is 19.1. The van der Waals surface area contributed by atoms with Crippen molar-refractivity contribution in [2.75, 3.05) is 26.2 Å². The third kappa shape index (κ3) is 2.67. The van der Waals surface area contributed by atoms with Crippen LogP contribution in [0.15, 0.2) is 12.3 Å². The first-order valence-electron chi connectivity index (χ1n) is 7.97. The first-order chi connectivity index (χ1) is 10.6. The molecule has 6 heteroatoms. The Hall–Kier alpha value is -1.69. The van der Waals surface area contributed by atoms with Gasteiger partial charge in [0.05, 0.1) is 18.3 Å². The Labute approximate surface area is 128 Å². The van der Waals surface area contributed by atoms with Crippen LogP contribution < -0.4 is 10.1 Å². The van der Waals surface area contributed by atoms with Gasteiger partial charge in [0.2, 0.25) is 0 Å². The standard InChI is InChI=1S/C16H20FN3O2/c17-13-7-12(22-9-11-1-2-11)8-18-14(13)15(21)19-16-3-5-20(10-16)6-4-16/h7-8,11H,1-6,9-10H2,(H,19,21). The van der Waals surface area contributed by atoms with E-state index >= 15 is 0 Å². The number of piperidine rings is 1. The Morgan fingerprint density at radius 1 is 1.45 bits per heavy atom. The normalized spacial score (nSPS) is 29.6. The molecule has 0 unspecified atom stereocenters. The molecule has 0 aromatic carbocycles.